The summed E-state index contributed by atoms with van der Waals surface area (Å²) in [4.78, 5) is 18.8. The standard InChI is InChI=1S/C18H20FN3O2/c19-15-6-2-1-5-14(15)18(23)22-9-3-4-12(11-22)10-16-20-17(21-24-16)13-7-8-13/h1-2,5-6,12-13H,3-4,7-11H2. The summed E-state index contributed by atoms with van der Waals surface area (Å²) in [5.41, 5.74) is 0.145. The molecule has 1 aliphatic heterocycles. The fourth-order valence-electron chi connectivity index (χ4n) is 3.33. The molecule has 1 saturated carbocycles. The van der Waals surface area contributed by atoms with Gasteiger partial charge in [-0.1, -0.05) is 17.3 Å². The van der Waals surface area contributed by atoms with Gasteiger partial charge in [-0.3, -0.25) is 4.79 Å². The predicted octanol–water partition coefficient (Wildman–Crippen LogP) is 3.18. The van der Waals surface area contributed by atoms with Crippen LogP contribution in [0.3, 0.4) is 0 Å². The van der Waals surface area contributed by atoms with E-state index in [9.17, 15) is 9.18 Å². The lowest BCUT2D eigenvalue weighted by Crippen LogP contribution is -2.40. The highest BCUT2D eigenvalue weighted by atomic mass is 19.1. The molecule has 0 spiro atoms. The Morgan fingerprint density at radius 1 is 1.29 bits per heavy atom. The SMILES string of the molecule is O=C(c1ccccc1F)N1CCCC(Cc2nc(C3CC3)no2)C1. The second-order valence-corrected chi connectivity index (χ2v) is 6.76. The molecule has 1 atom stereocenters. The number of nitrogens with zero attached hydrogens (tertiary/aromatic N) is 3. The topological polar surface area (TPSA) is 59.2 Å². The third-order valence-electron chi connectivity index (χ3n) is 4.80. The largest absolute Gasteiger partial charge is 0.339 e. The number of likely N-dealkylation sites (tertiary alicyclic amines) is 1. The summed E-state index contributed by atoms with van der Waals surface area (Å²) in [5.74, 6) is 1.54. The van der Waals surface area contributed by atoms with Crippen molar-refractivity contribution in [2.45, 2.75) is 38.0 Å². The van der Waals surface area contributed by atoms with Crippen LogP contribution in [0.15, 0.2) is 28.8 Å². The maximum atomic E-state index is 13.8. The Labute approximate surface area is 139 Å². The zero-order chi connectivity index (χ0) is 16.5. The van der Waals surface area contributed by atoms with Crippen molar-refractivity contribution < 1.29 is 13.7 Å². The van der Waals surface area contributed by atoms with Crippen molar-refractivity contribution in [3.05, 3.63) is 47.4 Å². The lowest BCUT2D eigenvalue weighted by molar-refractivity contribution is 0.0663. The summed E-state index contributed by atoms with van der Waals surface area (Å²) in [6, 6.07) is 6.15. The molecule has 1 amide bonds. The normalized spacial score (nSPS) is 21.0. The molecule has 0 bridgehead atoms. The summed E-state index contributed by atoms with van der Waals surface area (Å²) in [6.45, 7) is 1.27. The average molecular weight is 329 g/mol. The molecule has 2 aliphatic rings. The second kappa shape index (κ2) is 6.34. The Bertz CT molecular complexity index is 741. The van der Waals surface area contributed by atoms with Crippen molar-refractivity contribution in [1.82, 2.24) is 15.0 Å². The fourth-order valence-corrected chi connectivity index (χ4v) is 3.33. The van der Waals surface area contributed by atoms with Crippen LogP contribution in [-0.4, -0.2) is 34.0 Å². The number of piperidine rings is 1. The van der Waals surface area contributed by atoms with Crippen molar-refractivity contribution in [2.24, 2.45) is 5.92 Å². The van der Waals surface area contributed by atoms with E-state index in [0.29, 0.717) is 31.3 Å². The number of aromatic nitrogens is 2. The number of carbonyl (C=O) groups is 1. The summed E-state index contributed by atoms with van der Waals surface area (Å²) in [6.07, 6.45) is 4.90. The van der Waals surface area contributed by atoms with E-state index in [4.69, 9.17) is 4.52 Å². The molecule has 0 N–H and O–H groups in total. The van der Waals surface area contributed by atoms with Crippen LogP contribution in [0.4, 0.5) is 4.39 Å². The van der Waals surface area contributed by atoms with E-state index in [1.54, 1.807) is 23.1 Å². The van der Waals surface area contributed by atoms with Gasteiger partial charge in [0.25, 0.3) is 5.91 Å². The molecule has 5 nitrogen and oxygen atoms in total. The van der Waals surface area contributed by atoms with Gasteiger partial charge in [0.15, 0.2) is 5.82 Å². The maximum Gasteiger partial charge on any atom is 0.256 e. The second-order valence-electron chi connectivity index (χ2n) is 6.76. The molecule has 0 radical (unpaired) electrons. The molecular formula is C18H20FN3O2. The van der Waals surface area contributed by atoms with Crippen LogP contribution in [-0.2, 0) is 6.42 Å². The monoisotopic (exact) mass is 329 g/mol. The minimum absolute atomic E-state index is 0.145. The lowest BCUT2D eigenvalue weighted by Gasteiger charge is -2.32. The molecule has 1 aliphatic carbocycles. The van der Waals surface area contributed by atoms with Gasteiger partial charge in [0, 0.05) is 25.4 Å². The first-order valence-electron chi connectivity index (χ1n) is 8.57. The fraction of sp³-hybridized carbons (Fsp3) is 0.500. The number of rotatable bonds is 4. The van der Waals surface area contributed by atoms with Crippen molar-refractivity contribution in [1.29, 1.82) is 0 Å². The highest BCUT2D eigenvalue weighted by Crippen LogP contribution is 2.38. The van der Waals surface area contributed by atoms with E-state index >= 15 is 0 Å². The van der Waals surface area contributed by atoms with E-state index in [2.05, 4.69) is 10.1 Å². The van der Waals surface area contributed by atoms with E-state index in [-0.39, 0.29) is 17.4 Å². The van der Waals surface area contributed by atoms with Crippen LogP contribution >= 0.6 is 0 Å². The van der Waals surface area contributed by atoms with E-state index in [1.165, 1.54) is 6.07 Å². The minimum atomic E-state index is -0.462. The van der Waals surface area contributed by atoms with Crippen molar-refractivity contribution in [3.8, 4) is 0 Å². The van der Waals surface area contributed by atoms with Gasteiger partial charge >= 0.3 is 0 Å². The number of hydrogen-bond donors (Lipinski definition) is 0. The first-order valence-corrected chi connectivity index (χ1v) is 8.57. The molecule has 4 rings (SSSR count). The first kappa shape index (κ1) is 15.3. The molecule has 2 fully saturated rings. The number of carbonyl (C=O) groups excluding carboxylic acids is 1. The van der Waals surface area contributed by atoms with E-state index in [0.717, 1.165) is 31.5 Å². The van der Waals surface area contributed by atoms with Gasteiger partial charge in [0.1, 0.15) is 5.82 Å². The van der Waals surface area contributed by atoms with Gasteiger partial charge in [-0.05, 0) is 43.7 Å². The van der Waals surface area contributed by atoms with Crippen molar-refractivity contribution >= 4 is 5.91 Å². The Hall–Kier alpha value is -2.24. The molecule has 126 valence electrons. The number of benzene rings is 1. The Balaban J connectivity index is 1.41. The highest BCUT2D eigenvalue weighted by Gasteiger charge is 2.30. The zero-order valence-corrected chi connectivity index (χ0v) is 13.4. The highest BCUT2D eigenvalue weighted by molar-refractivity contribution is 5.94. The summed E-state index contributed by atoms with van der Waals surface area (Å²) in [5, 5.41) is 4.04. The molecule has 2 aromatic rings. The van der Waals surface area contributed by atoms with Gasteiger partial charge in [0.2, 0.25) is 5.89 Å². The van der Waals surface area contributed by atoms with E-state index < -0.39 is 5.82 Å². The minimum Gasteiger partial charge on any atom is -0.339 e. The molecule has 1 saturated heterocycles. The number of amides is 1. The number of halogens is 1. The van der Waals surface area contributed by atoms with Gasteiger partial charge in [0.05, 0.1) is 5.56 Å². The molecule has 1 unspecified atom stereocenters. The van der Waals surface area contributed by atoms with Gasteiger partial charge < -0.3 is 9.42 Å². The van der Waals surface area contributed by atoms with Crippen LogP contribution in [0.5, 0.6) is 0 Å². The van der Waals surface area contributed by atoms with Gasteiger partial charge in [-0.2, -0.15) is 4.98 Å². The van der Waals surface area contributed by atoms with E-state index in [1.807, 2.05) is 0 Å². The Morgan fingerprint density at radius 3 is 2.92 bits per heavy atom. The number of hydrogen-bond acceptors (Lipinski definition) is 4. The van der Waals surface area contributed by atoms with Crippen LogP contribution in [0, 0.1) is 11.7 Å². The first-order chi connectivity index (χ1) is 11.7. The third-order valence-corrected chi connectivity index (χ3v) is 4.80. The molecule has 1 aromatic carbocycles. The average Bonchev–Trinajstić information content (AvgIpc) is 3.35. The smallest absolute Gasteiger partial charge is 0.256 e. The van der Waals surface area contributed by atoms with Crippen LogP contribution in [0.2, 0.25) is 0 Å². The third kappa shape index (κ3) is 3.18. The van der Waals surface area contributed by atoms with Gasteiger partial charge in [-0.25, -0.2) is 4.39 Å². The molecule has 2 heterocycles. The molecule has 24 heavy (non-hydrogen) atoms. The van der Waals surface area contributed by atoms with Crippen molar-refractivity contribution in [2.75, 3.05) is 13.1 Å². The molecular weight excluding hydrogens is 309 g/mol. The molecule has 6 heteroatoms. The molecule has 1 aromatic heterocycles. The maximum absolute atomic E-state index is 13.8. The predicted molar refractivity (Wildman–Crippen MR) is 85.0 cm³/mol. The summed E-state index contributed by atoms with van der Waals surface area (Å²) in [7, 11) is 0. The Kier molecular flexibility index (Phi) is 4.04. The lowest BCUT2D eigenvalue weighted by atomic mass is 9.94. The van der Waals surface area contributed by atoms with Crippen molar-refractivity contribution in [3.63, 3.8) is 0 Å². The van der Waals surface area contributed by atoms with Gasteiger partial charge in [-0.15, -0.1) is 0 Å². The summed E-state index contributed by atoms with van der Waals surface area (Å²) >= 11 is 0. The Morgan fingerprint density at radius 2 is 2.12 bits per heavy atom. The quantitative estimate of drug-likeness (QED) is 0.864. The van der Waals surface area contributed by atoms with Crippen LogP contribution in [0.1, 0.15) is 53.7 Å². The zero-order valence-electron chi connectivity index (χ0n) is 13.4. The van der Waals surface area contributed by atoms with Crippen LogP contribution in [0.25, 0.3) is 0 Å². The summed E-state index contributed by atoms with van der Waals surface area (Å²) < 4.78 is 19.2. The van der Waals surface area contributed by atoms with Crippen LogP contribution < -0.4 is 0 Å².